The molecule has 0 radical (unpaired) electrons. The van der Waals surface area contributed by atoms with E-state index in [1.165, 1.54) is 5.56 Å². The normalized spacial score (nSPS) is 16.3. The molecule has 0 amide bonds. The highest BCUT2D eigenvalue weighted by molar-refractivity contribution is 5.95. The molecule has 3 rings (SSSR count). The maximum atomic E-state index is 11.5. The minimum atomic E-state index is -0.864. The second kappa shape index (κ2) is 4.21. The first kappa shape index (κ1) is 11.9. The molecule has 1 N–H and O–H groups in total. The van der Waals surface area contributed by atoms with E-state index < -0.39 is 5.97 Å². The summed E-state index contributed by atoms with van der Waals surface area (Å²) < 4.78 is 0. The summed E-state index contributed by atoms with van der Waals surface area (Å²) >= 11 is 0. The van der Waals surface area contributed by atoms with Gasteiger partial charge in [-0.05, 0) is 42.4 Å². The maximum Gasteiger partial charge on any atom is 0.336 e. The molecular weight excluding hydrogens is 238 g/mol. The fourth-order valence-electron chi connectivity index (χ4n) is 2.95. The number of nitrogens with zero attached hydrogens (tertiary/aromatic N) is 1. The molecular formula is C16H15NO2. The standard InChI is InChI=1S/C16H15NO2/c1-17(2)15-12-7-4-3-6-10(12)11-8-5-9-13(14(11)15)16(18)19/h3-9,15H,1-2H3,(H,18,19). The van der Waals surface area contributed by atoms with Gasteiger partial charge in [0.2, 0.25) is 0 Å². The fourth-order valence-corrected chi connectivity index (χ4v) is 2.95. The minimum Gasteiger partial charge on any atom is -0.478 e. The predicted molar refractivity (Wildman–Crippen MR) is 74.4 cm³/mol. The van der Waals surface area contributed by atoms with Crippen LogP contribution in [0.2, 0.25) is 0 Å². The second-order valence-corrected chi connectivity index (χ2v) is 5.03. The number of hydrogen-bond donors (Lipinski definition) is 1. The molecule has 2 aromatic rings. The molecule has 1 atom stereocenters. The predicted octanol–water partition coefficient (Wildman–Crippen LogP) is 3.02. The summed E-state index contributed by atoms with van der Waals surface area (Å²) in [6.45, 7) is 0. The summed E-state index contributed by atoms with van der Waals surface area (Å²) in [7, 11) is 3.96. The first-order valence-corrected chi connectivity index (χ1v) is 6.23. The van der Waals surface area contributed by atoms with E-state index in [4.69, 9.17) is 0 Å². The lowest BCUT2D eigenvalue weighted by atomic mass is 9.98. The molecule has 0 aromatic heterocycles. The monoisotopic (exact) mass is 253 g/mol. The number of benzene rings is 2. The van der Waals surface area contributed by atoms with Crippen molar-refractivity contribution < 1.29 is 9.90 Å². The molecule has 0 aliphatic heterocycles. The summed E-state index contributed by atoms with van der Waals surface area (Å²) in [5.41, 5.74) is 4.65. The lowest BCUT2D eigenvalue weighted by Crippen LogP contribution is -2.21. The summed E-state index contributed by atoms with van der Waals surface area (Å²) in [6, 6.07) is 13.6. The van der Waals surface area contributed by atoms with Crippen LogP contribution in [-0.2, 0) is 0 Å². The number of rotatable bonds is 2. The third-order valence-corrected chi connectivity index (χ3v) is 3.67. The molecule has 2 aromatic carbocycles. The Kier molecular flexibility index (Phi) is 2.64. The number of hydrogen-bond acceptors (Lipinski definition) is 2. The van der Waals surface area contributed by atoms with Crippen molar-refractivity contribution in [1.82, 2.24) is 4.90 Å². The van der Waals surface area contributed by atoms with Crippen molar-refractivity contribution in [3.8, 4) is 11.1 Å². The zero-order chi connectivity index (χ0) is 13.6. The van der Waals surface area contributed by atoms with Crippen molar-refractivity contribution in [3.63, 3.8) is 0 Å². The third kappa shape index (κ3) is 1.66. The molecule has 0 saturated carbocycles. The Morgan fingerprint density at radius 1 is 1.05 bits per heavy atom. The van der Waals surface area contributed by atoms with Crippen molar-refractivity contribution in [2.45, 2.75) is 6.04 Å². The van der Waals surface area contributed by atoms with Crippen molar-refractivity contribution in [2.24, 2.45) is 0 Å². The number of fused-ring (bicyclic) bond motifs is 3. The molecule has 3 heteroatoms. The summed E-state index contributed by atoms with van der Waals surface area (Å²) in [5.74, 6) is -0.864. The van der Waals surface area contributed by atoms with Crippen LogP contribution < -0.4 is 0 Å². The molecule has 0 spiro atoms. The molecule has 0 saturated heterocycles. The van der Waals surface area contributed by atoms with Gasteiger partial charge in [0.25, 0.3) is 0 Å². The van der Waals surface area contributed by atoms with E-state index in [1.807, 2.05) is 38.4 Å². The second-order valence-electron chi connectivity index (χ2n) is 5.03. The topological polar surface area (TPSA) is 40.5 Å². The minimum absolute atomic E-state index is 0.0125. The van der Waals surface area contributed by atoms with Crippen molar-refractivity contribution >= 4 is 5.97 Å². The van der Waals surface area contributed by atoms with Crippen LogP contribution in [0.5, 0.6) is 0 Å². The highest BCUT2D eigenvalue weighted by atomic mass is 16.4. The van der Waals surface area contributed by atoms with E-state index in [0.717, 1.165) is 16.7 Å². The van der Waals surface area contributed by atoms with Gasteiger partial charge in [-0.1, -0.05) is 36.4 Å². The molecule has 1 aliphatic rings. The van der Waals surface area contributed by atoms with Gasteiger partial charge in [0.05, 0.1) is 11.6 Å². The smallest absolute Gasteiger partial charge is 0.336 e. The van der Waals surface area contributed by atoms with E-state index in [0.29, 0.717) is 5.56 Å². The van der Waals surface area contributed by atoms with Crippen LogP contribution in [0.15, 0.2) is 42.5 Å². The van der Waals surface area contributed by atoms with Crippen LogP contribution in [0.3, 0.4) is 0 Å². The van der Waals surface area contributed by atoms with E-state index in [1.54, 1.807) is 6.07 Å². The SMILES string of the molecule is CN(C)C1c2ccccc2-c2cccc(C(=O)O)c21. The van der Waals surface area contributed by atoms with Gasteiger partial charge in [0, 0.05) is 0 Å². The Bertz CT molecular complexity index is 662. The summed E-state index contributed by atoms with van der Waals surface area (Å²) in [6.07, 6.45) is 0. The Labute approximate surface area is 112 Å². The van der Waals surface area contributed by atoms with Gasteiger partial charge in [-0.3, -0.25) is 4.90 Å². The first-order valence-electron chi connectivity index (χ1n) is 6.23. The van der Waals surface area contributed by atoms with Crippen LogP contribution in [0.4, 0.5) is 0 Å². The highest BCUT2D eigenvalue weighted by Gasteiger charge is 2.33. The zero-order valence-electron chi connectivity index (χ0n) is 10.9. The van der Waals surface area contributed by atoms with Gasteiger partial charge in [0.1, 0.15) is 0 Å². The lowest BCUT2D eigenvalue weighted by Gasteiger charge is -2.22. The molecule has 0 fully saturated rings. The van der Waals surface area contributed by atoms with Gasteiger partial charge in [-0.15, -0.1) is 0 Å². The molecule has 1 unspecified atom stereocenters. The van der Waals surface area contributed by atoms with Crippen LogP contribution in [0.1, 0.15) is 27.5 Å². The van der Waals surface area contributed by atoms with E-state index in [9.17, 15) is 9.90 Å². The van der Waals surface area contributed by atoms with E-state index >= 15 is 0 Å². The van der Waals surface area contributed by atoms with E-state index in [2.05, 4.69) is 17.0 Å². The first-order chi connectivity index (χ1) is 9.11. The molecule has 1 aliphatic carbocycles. The number of carbonyl (C=O) groups is 1. The highest BCUT2D eigenvalue weighted by Crippen LogP contribution is 2.46. The van der Waals surface area contributed by atoms with Crippen LogP contribution >= 0.6 is 0 Å². The van der Waals surface area contributed by atoms with Crippen molar-refractivity contribution in [2.75, 3.05) is 14.1 Å². The Balaban J connectivity index is 2.34. The summed E-state index contributed by atoms with van der Waals surface area (Å²) in [4.78, 5) is 13.5. The Morgan fingerprint density at radius 3 is 2.42 bits per heavy atom. The fraction of sp³-hybridized carbons (Fsp3) is 0.188. The average molecular weight is 253 g/mol. The van der Waals surface area contributed by atoms with Crippen molar-refractivity contribution in [1.29, 1.82) is 0 Å². The maximum absolute atomic E-state index is 11.5. The Hall–Kier alpha value is -2.13. The van der Waals surface area contributed by atoms with E-state index in [-0.39, 0.29) is 6.04 Å². The molecule has 96 valence electrons. The van der Waals surface area contributed by atoms with Gasteiger partial charge < -0.3 is 5.11 Å². The average Bonchev–Trinajstić information content (AvgIpc) is 2.72. The molecule has 19 heavy (non-hydrogen) atoms. The molecule has 0 bridgehead atoms. The number of aromatic carboxylic acids is 1. The largest absolute Gasteiger partial charge is 0.478 e. The van der Waals surface area contributed by atoms with Gasteiger partial charge in [-0.2, -0.15) is 0 Å². The number of carboxylic acids is 1. The van der Waals surface area contributed by atoms with Crippen LogP contribution in [0, 0.1) is 0 Å². The Morgan fingerprint density at radius 2 is 1.74 bits per heavy atom. The summed E-state index contributed by atoms with van der Waals surface area (Å²) in [5, 5.41) is 9.41. The zero-order valence-corrected chi connectivity index (χ0v) is 10.9. The third-order valence-electron chi connectivity index (χ3n) is 3.67. The quantitative estimate of drug-likeness (QED) is 0.894. The van der Waals surface area contributed by atoms with Gasteiger partial charge in [0.15, 0.2) is 0 Å². The van der Waals surface area contributed by atoms with Gasteiger partial charge >= 0.3 is 5.97 Å². The van der Waals surface area contributed by atoms with Gasteiger partial charge in [-0.25, -0.2) is 4.79 Å². The number of carboxylic acid groups (broad SMARTS) is 1. The molecule has 3 nitrogen and oxygen atoms in total. The lowest BCUT2D eigenvalue weighted by molar-refractivity contribution is 0.0694. The van der Waals surface area contributed by atoms with Crippen molar-refractivity contribution in [3.05, 3.63) is 59.2 Å². The molecule has 0 heterocycles. The van der Waals surface area contributed by atoms with Crippen LogP contribution in [-0.4, -0.2) is 30.1 Å². The van der Waals surface area contributed by atoms with Crippen LogP contribution in [0.25, 0.3) is 11.1 Å².